The van der Waals surface area contributed by atoms with Crippen molar-refractivity contribution in [3.05, 3.63) is 29.6 Å². The predicted octanol–water partition coefficient (Wildman–Crippen LogP) is 1.44. The van der Waals surface area contributed by atoms with Crippen LogP contribution < -0.4 is 5.32 Å². The molecule has 0 unspecified atom stereocenters. The van der Waals surface area contributed by atoms with Crippen molar-refractivity contribution >= 4 is 11.9 Å². The molecule has 5 heteroatoms. The lowest BCUT2D eigenvalue weighted by atomic mass is 9.96. The Morgan fingerprint density at radius 2 is 2.06 bits per heavy atom. The van der Waals surface area contributed by atoms with Gasteiger partial charge in [0.05, 0.1) is 17.8 Å². The third-order valence-corrected chi connectivity index (χ3v) is 2.17. The number of nitrogens with one attached hydrogen (secondary N) is 1. The number of aromatic carboxylic acids is 1. The van der Waals surface area contributed by atoms with Crippen LogP contribution in [0.15, 0.2) is 18.3 Å². The molecule has 0 aliphatic carbocycles. The summed E-state index contributed by atoms with van der Waals surface area (Å²) >= 11 is 0. The van der Waals surface area contributed by atoms with Crippen molar-refractivity contribution in [2.75, 3.05) is 0 Å². The van der Waals surface area contributed by atoms with E-state index in [2.05, 4.69) is 10.3 Å². The fourth-order valence-corrected chi connectivity index (χ4v) is 1.14. The van der Waals surface area contributed by atoms with Gasteiger partial charge in [0.15, 0.2) is 0 Å². The number of carboxylic acid groups (broad SMARTS) is 1. The number of hydrogen-bond donors (Lipinski definition) is 2. The lowest BCUT2D eigenvalue weighted by molar-refractivity contribution is -0.128. The molecule has 0 saturated heterocycles. The van der Waals surface area contributed by atoms with Crippen LogP contribution in [0.3, 0.4) is 0 Å². The second kappa shape index (κ2) is 4.95. The van der Waals surface area contributed by atoms with Gasteiger partial charge < -0.3 is 10.4 Å². The van der Waals surface area contributed by atoms with Gasteiger partial charge in [0.1, 0.15) is 0 Å². The maximum atomic E-state index is 11.6. The van der Waals surface area contributed by atoms with Crippen molar-refractivity contribution in [3.8, 4) is 0 Å². The summed E-state index contributed by atoms with van der Waals surface area (Å²) in [6.45, 7) is 5.66. The largest absolute Gasteiger partial charge is 0.478 e. The van der Waals surface area contributed by atoms with Crippen molar-refractivity contribution in [3.63, 3.8) is 0 Å². The number of hydrogen-bond acceptors (Lipinski definition) is 3. The molecule has 0 radical (unpaired) electrons. The zero-order valence-corrected chi connectivity index (χ0v) is 10.2. The highest BCUT2D eigenvalue weighted by atomic mass is 16.4. The summed E-state index contributed by atoms with van der Waals surface area (Å²) in [5, 5.41) is 11.5. The van der Waals surface area contributed by atoms with E-state index in [1.807, 2.05) is 20.8 Å². The van der Waals surface area contributed by atoms with Crippen LogP contribution in [-0.4, -0.2) is 22.0 Å². The number of carbonyl (C=O) groups excluding carboxylic acids is 1. The Bertz CT molecular complexity index is 436. The molecule has 1 amide bonds. The molecule has 0 atom stereocenters. The first kappa shape index (κ1) is 13.2. The van der Waals surface area contributed by atoms with Gasteiger partial charge in [-0.1, -0.05) is 20.8 Å². The highest BCUT2D eigenvalue weighted by Crippen LogP contribution is 2.12. The number of carboxylic acids is 1. The smallest absolute Gasteiger partial charge is 0.335 e. The molecule has 0 aliphatic heterocycles. The summed E-state index contributed by atoms with van der Waals surface area (Å²) in [5.74, 6) is -1.10. The van der Waals surface area contributed by atoms with Crippen LogP contribution in [0.2, 0.25) is 0 Å². The van der Waals surface area contributed by atoms with Crippen LogP contribution in [0.5, 0.6) is 0 Å². The molecule has 0 saturated carbocycles. The topological polar surface area (TPSA) is 79.3 Å². The monoisotopic (exact) mass is 236 g/mol. The molecule has 2 N–H and O–H groups in total. The number of carbonyl (C=O) groups is 2. The average Bonchev–Trinajstić information content (AvgIpc) is 2.25. The molecule has 1 aromatic rings. The van der Waals surface area contributed by atoms with Crippen molar-refractivity contribution in [2.24, 2.45) is 5.41 Å². The first-order valence-corrected chi connectivity index (χ1v) is 5.27. The second-order valence-electron chi connectivity index (χ2n) is 4.77. The van der Waals surface area contributed by atoms with E-state index < -0.39 is 11.4 Å². The lowest BCUT2D eigenvalue weighted by Gasteiger charge is -2.17. The van der Waals surface area contributed by atoms with Crippen molar-refractivity contribution in [1.29, 1.82) is 0 Å². The molecule has 0 aliphatic rings. The molecular formula is C12H16N2O3. The Kier molecular flexibility index (Phi) is 3.83. The fraction of sp³-hybridized carbons (Fsp3) is 0.417. The van der Waals surface area contributed by atoms with Gasteiger partial charge >= 0.3 is 5.97 Å². The Morgan fingerprint density at radius 1 is 1.41 bits per heavy atom. The third-order valence-electron chi connectivity index (χ3n) is 2.17. The van der Waals surface area contributed by atoms with Crippen molar-refractivity contribution in [1.82, 2.24) is 10.3 Å². The molecule has 5 nitrogen and oxygen atoms in total. The minimum Gasteiger partial charge on any atom is -0.478 e. The van der Waals surface area contributed by atoms with E-state index in [1.165, 1.54) is 18.3 Å². The summed E-state index contributed by atoms with van der Waals surface area (Å²) in [6.07, 6.45) is 1.42. The SMILES string of the molecule is CC(C)(C)C(=O)NCc1cc(C(=O)O)ccn1. The van der Waals surface area contributed by atoms with E-state index in [-0.39, 0.29) is 18.0 Å². The number of nitrogens with zero attached hydrogens (tertiary/aromatic N) is 1. The second-order valence-corrected chi connectivity index (χ2v) is 4.77. The summed E-state index contributed by atoms with van der Waals surface area (Å²) in [5.41, 5.74) is 0.229. The van der Waals surface area contributed by atoms with E-state index >= 15 is 0 Å². The van der Waals surface area contributed by atoms with Gasteiger partial charge in [-0.25, -0.2) is 4.79 Å². The van der Waals surface area contributed by atoms with Gasteiger partial charge in [-0.3, -0.25) is 9.78 Å². The minimum absolute atomic E-state index is 0.0972. The summed E-state index contributed by atoms with van der Waals surface area (Å²) < 4.78 is 0. The number of rotatable bonds is 3. The van der Waals surface area contributed by atoms with Gasteiger partial charge in [0.25, 0.3) is 0 Å². The Labute approximate surface area is 99.9 Å². The van der Waals surface area contributed by atoms with Crippen LogP contribution in [0.4, 0.5) is 0 Å². The Morgan fingerprint density at radius 3 is 2.59 bits per heavy atom. The van der Waals surface area contributed by atoms with Gasteiger partial charge in [-0.15, -0.1) is 0 Å². The first-order chi connectivity index (χ1) is 7.80. The molecule has 0 bridgehead atoms. The molecule has 0 aromatic carbocycles. The highest BCUT2D eigenvalue weighted by molar-refractivity contribution is 5.87. The van der Waals surface area contributed by atoms with E-state index in [0.29, 0.717) is 5.69 Å². The molecule has 92 valence electrons. The van der Waals surface area contributed by atoms with Crippen LogP contribution in [0.1, 0.15) is 36.8 Å². The highest BCUT2D eigenvalue weighted by Gasteiger charge is 2.20. The van der Waals surface area contributed by atoms with Crippen molar-refractivity contribution in [2.45, 2.75) is 27.3 Å². The summed E-state index contributed by atoms with van der Waals surface area (Å²) in [7, 11) is 0. The fourth-order valence-electron chi connectivity index (χ4n) is 1.14. The maximum Gasteiger partial charge on any atom is 0.335 e. The maximum absolute atomic E-state index is 11.6. The number of pyridine rings is 1. The first-order valence-electron chi connectivity index (χ1n) is 5.27. The molecule has 1 heterocycles. The van der Waals surface area contributed by atoms with Crippen LogP contribution in [0.25, 0.3) is 0 Å². The molecular weight excluding hydrogens is 220 g/mol. The van der Waals surface area contributed by atoms with Gasteiger partial charge in [0, 0.05) is 11.6 Å². The van der Waals surface area contributed by atoms with Gasteiger partial charge in [-0.2, -0.15) is 0 Å². The van der Waals surface area contributed by atoms with Gasteiger partial charge in [-0.05, 0) is 12.1 Å². The Hall–Kier alpha value is -1.91. The lowest BCUT2D eigenvalue weighted by Crippen LogP contribution is -2.34. The van der Waals surface area contributed by atoms with Crippen LogP contribution in [-0.2, 0) is 11.3 Å². The number of aromatic nitrogens is 1. The van der Waals surface area contributed by atoms with E-state index in [4.69, 9.17) is 5.11 Å². The zero-order valence-electron chi connectivity index (χ0n) is 10.2. The minimum atomic E-state index is -1.00. The number of amides is 1. The predicted molar refractivity (Wildman–Crippen MR) is 62.5 cm³/mol. The Balaban J connectivity index is 2.67. The van der Waals surface area contributed by atoms with Crippen molar-refractivity contribution < 1.29 is 14.7 Å². The van der Waals surface area contributed by atoms with Crippen LogP contribution in [0, 0.1) is 5.41 Å². The zero-order chi connectivity index (χ0) is 13.1. The average molecular weight is 236 g/mol. The quantitative estimate of drug-likeness (QED) is 0.832. The van der Waals surface area contributed by atoms with Crippen LogP contribution >= 0.6 is 0 Å². The molecule has 1 aromatic heterocycles. The molecule has 0 spiro atoms. The summed E-state index contributed by atoms with van der Waals surface area (Å²) in [4.78, 5) is 26.3. The molecule has 1 rings (SSSR count). The van der Waals surface area contributed by atoms with E-state index in [1.54, 1.807) is 0 Å². The standard InChI is InChI=1S/C12H16N2O3/c1-12(2,3)11(17)14-7-9-6-8(10(15)16)4-5-13-9/h4-6H,7H2,1-3H3,(H,14,17)(H,15,16). The normalized spacial score (nSPS) is 11.0. The molecule has 17 heavy (non-hydrogen) atoms. The van der Waals surface area contributed by atoms with Gasteiger partial charge in [0.2, 0.25) is 5.91 Å². The van der Waals surface area contributed by atoms with E-state index in [0.717, 1.165) is 0 Å². The third kappa shape index (κ3) is 3.86. The summed E-state index contributed by atoms with van der Waals surface area (Å²) in [6, 6.07) is 2.86. The molecule has 0 fully saturated rings. The van der Waals surface area contributed by atoms with E-state index in [9.17, 15) is 9.59 Å².